The van der Waals surface area contributed by atoms with Crippen LogP contribution in [0.1, 0.15) is 5.82 Å². The zero-order valence-corrected chi connectivity index (χ0v) is 17.8. The topological polar surface area (TPSA) is 101 Å². The molecule has 3 aromatic rings. The van der Waals surface area contributed by atoms with Gasteiger partial charge in [0.1, 0.15) is 17.4 Å². The Balaban J connectivity index is 1.28. The van der Waals surface area contributed by atoms with Crippen molar-refractivity contribution < 1.29 is 14.6 Å². The van der Waals surface area contributed by atoms with E-state index < -0.39 is 0 Å². The average Bonchev–Trinajstić information content (AvgIpc) is 3.49. The van der Waals surface area contributed by atoms with Crippen LogP contribution in [-0.4, -0.2) is 72.4 Å². The van der Waals surface area contributed by atoms with Gasteiger partial charge in [0.05, 0.1) is 23.2 Å². The fourth-order valence-electron chi connectivity index (χ4n) is 4.48. The maximum absolute atomic E-state index is 10.7. The number of nitrogens with one attached hydrogen (secondary N) is 2. The number of imidazole rings is 1. The summed E-state index contributed by atoms with van der Waals surface area (Å²) >= 11 is 0. The number of aliphatic hydroxyl groups excluding tert-OH is 1. The summed E-state index contributed by atoms with van der Waals surface area (Å²) in [5.41, 5.74) is 4.04. The van der Waals surface area contributed by atoms with E-state index >= 15 is 0 Å². The Bertz CT molecular complexity index is 1260. The highest BCUT2D eigenvalue weighted by Gasteiger charge is 2.32. The number of fused-ring (bicyclic) bond motifs is 2. The van der Waals surface area contributed by atoms with E-state index in [1.54, 1.807) is 4.90 Å². The minimum atomic E-state index is 0.117. The number of aromatic amines is 1. The molecule has 3 aliphatic heterocycles. The van der Waals surface area contributed by atoms with Crippen molar-refractivity contribution in [2.75, 3.05) is 56.4 Å². The molecule has 0 unspecified atom stereocenters. The highest BCUT2D eigenvalue weighted by atomic mass is 16.7. The summed E-state index contributed by atoms with van der Waals surface area (Å²) in [6, 6.07) is 11.7. The minimum absolute atomic E-state index is 0.117. The predicted octanol–water partition coefficient (Wildman–Crippen LogP) is 2.81. The van der Waals surface area contributed by atoms with E-state index in [-0.39, 0.29) is 24.9 Å². The van der Waals surface area contributed by atoms with Crippen LogP contribution < -0.4 is 19.3 Å². The van der Waals surface area contributed by atoms with Gasteiger partial charge in [-0.3, -0.25) is 5.41 Å². The zero-order chi connectivity index (χ0) is 21.8. The first-order valence-electron chi connectivity index (χ1n) is 10.7. The van der Waals surface area contributed by atoms with E-state index in [0.29, 0.717) is 22.9 Å². The molecule has 0 aliphatic carbocycles. The van der Waals surface area contributed by atoms with Crippen molar-refractivity contribution in [3.05, 3.63) is 48.0 Å². The molecule has 0 atom stereocenters. The first-order valence-corrected chi connectivity index (χ1v) is 10.7. The van der Waals surface area contributed by atoms with E-state index in [0.717, 1.165) is 48.6 Å². The molecular formula is C23H24N6O3. The number of rotatable bonds is 3. The van der Waals surface area contributed by atoms with Crippen molar-refractivity contribution in [3.63, 3.8) is 0 Å². The molecule has 6 rings (SSSR count). The molecule has 4 heterocycles. The van der Waals surface area contributed by atoms with Crippen LogP contribution in [0.4, 0.5) is 11.4 Å². The molecule has 0 amide bonds. The van der Waals surface area contributed by atoms with Gasteiger partial charge in [-0.15, -0.1) is 0 Å². The standard InChI is InChI=1S/C23H24N6O3/c1-27-6-8-28(9-7-27)14-2-4-16-17(10-14)26-23(25-16)21-18(30)12-29(22(21)24)15-3-5-19-20(11-15)32-13-31-19/h2-5,10-11,24,30H,6-9,12-13H2,1H3,(H,25,26). The molecule has 9 heteroatoms. The Morgan fingerprint density at radius 3 is 2.62 bits per heavy atom. The van der Waals surface area contributed by atoms with E-state index in [9.17, 15) is 5.11 Å². The lowest BCUT2D eigenvalue weighted by atomic mass is 10.2. The fourth-order valence-corrected chi connectivity index (χ4v) is 4.48. The maximum Gasteiger partial charge on any atom is 0.231 e. The highest BCUT2D eigenvalue weighted by Crippen LogP contribution is 2.38. The van der Waals surface area contributed by atoms with Gasteiger partial charge in [-0.25, -0.2) is 4.98 Å². The van der Waals surface area contributed by atoms with Gasteiger partial charge in [0, 0.05) is 43.6 Å². The molecule has 0 saturated carbocycles. The minimum Gasteiger partial charge on any atom is -0.509 e. The zero-order valence-electron chi connectivity index (χ0n) is 17.8. The quantitative estimate of drug-likeness (QED) is 0.585. The Hall–Kier alpha value is -3.72. The van der Waals surface area contributed by atoms with Gasteiger partial charge in [0.15, 0.2) is 11.5 Å². The average molecular weight is 432 g/mol. The molecule has 3 N–H and O–H groups in total. The second-order valence-electron chi connectivity index (χ2n) is 8.37. The molecule has 3 aliphatic rings. The summed E-state index contributed by atoms with van der Waals surface area (Å²) < 4.78 is 10.8. The van der Waals surface area contributed by atoms with Crippen molar-refractivity contribution >= 4 is 33.8 Å². The molecule has 0 radical (unpaired) electrons. The first kappa shape index (κ1) is 19.0. The Kier molecular flexibility index (Phi) is 4.25. The van der Waals surface area contributed by atoms with Crippen molar-refractivity contribution in [2.24, 2.45) is 0 Å². The highest BCUT2D eigenvalue weighted by molar-refractivity contribution is 6.30. The summed E-state index contributed by atoms with van der Waals surface area (Å²) in [5, 5.41) is 19.4. The number of anilines is 2. The molecule has 1 aromatic heterocycles. The molecule has 32 heavy (non-hydrogen) atoms. The number of piperazine rings is 1. The Morgan fingerprint density at radius 2 is 1.78 bits per heavy atom. The van der Waals surface area contributed by atoms with Gasteiger partial charge in [-0.2, -0.15) is 0 Å². The van der Waals surface area contributed by atoms with Gasteiger partial charge in [-0.05, 0) is 37.4 Å². The molecule has 0 bridgehead atoms. The second-order valence-corrected chi connectivity index (χ2v) is 8.37. The second kappa shape index (κ2) is 7.16. The van der Waals surface area contributed by atoms with Crippen LogP contribution in [-0.2, 0) is 0 Å². The van der Waals surface area contributed by atoms with E-state index in [2.05, 4.69) is 38.9 Å². The molecular weight excluding hydrogens is 408 g/mol. The van der Waals surface area contributed by atoms with E-state index in [4.69, 9.17) is 14.9 Å². The molecule has 164 valence electrons. The number of aromatic nitrogens is 2. The number of benzene rings is 2. The fraction of sp³-hybridized carbons (Fsp3) is 0.304. The number of nitrogens with zero attached hydrogens (tertiary/aromatic N) is 4. The van der Waals surface area contributed by atoms with Crippen LogP contribution in [0.5, 0.6) is 11.5 Å². The molecule has 1 saturated heterocycles. The van der Waals surface area contributed by atoms with Crippen LogP contribution in [0.15, 0.2) is 42.2 Å². The van der Waals surface area contributed by atoms with Gasteiger partial charge < -0.3 is 34.3 Å². The van der Waals surface area contributed by atoms with Crippen LogP contribution in [0, 0.1) is 5.41 Å². The molecule has 9 nitrogen and oxygen atoms in total. The van der Waals surface area contributed by atoms with Crippen LogP contribution in [0.3, 0.4) is 0 Å². The van der Waals surface area contributed by atoms with Crippen molar-refractivity contribution in [1.29, 1.82) is 5.41 Å². The van der Waals surface area contributed by atoms with E-state index in [1.807, 2.05) is 24.3 Å². The summed E-state index contributed by atoms with van der Waals surface area (Å²) in [7, 11) is 2.14. The number of aliphatic hydroxyl groups is 1. The smallest absolute Gasteiger partial charge is 0.231 e. The van der Waals surface area contributed by atoms with Crippen LogP contribution in [0.25, 0.3) is 16.6 Å². The van der Waals surface area contributed by atoms with Gasteiger partial charge in [0.2, 0.25) is 6.79 Å². The summed E-state index contributed by atoms with van der Waals surface area (Å²) in [5.74, 6) is 2.14. The number of ether oxygens (including phenoxy) is 2. The number of hydrogen-bond donors (Lipinski definition) is 3. The number of hydrogen-bond acceptors (Lipinski definition) is 7. The third kappa shape index (κ3) is 3.04. The van der Waals surface area contributed by atoms with Crippen molar-refractivity contribution in [3.8, 4) is 11.5 Å². The first-order chi connectivity index (χ1) is 15.6. The number of amidine groups is 1. The molecule has 0 spiro atoms. The third-order valence-corrected chi connectivity index (χ3v) is 6.34. The van der Waals surface area contributed by atoms with E-state index in [1.165, 1.54) is 0 Å². The lowest BCUT2D eigenvalue weighted by Gasteiger charge is -2.34. The number of likely N-dealkylation sites (N-methyl/N-ethyl adjacent to an activating group) is 1. The Morgan fingerprint density at radius 1 is 1.00 bits per heavy atom. The van der Waals surface area contributed by atoms with Crippen LogP contribution >= 0.6 is 0 Å². The van der Waals surface area contributed by atoms with Crippen molar-refractivity contribution in [2.45, 2.75) is 0 Å². The van der Waals surface area contributed by atoms with Crippen LogP contribution in [0.2, 0.25) is 0 Å². The molecule has 1 fully saturated rings. The normalized spacial score (nSPS) is 19.0. The lowest BCUT2D eigenvalue weighted by Crippen LogP contribution is -2.44. The predicted molar refractivity (Wildman–Crippen MR) is 123 cm³/mol. The van der Waals surface area contributed by atoms with Gasteiger partial charge >= 0.3 is 0 Å². The van der Waals surface area contributed by atoms with Gasteiger partial charge in [-0.1, -0.05) is 0 Å². The monoisotopic (exact) mass is 432 g/mol. The maximum atomic E-state index is 10.7. The number of H-pyrrole nitrogens is 1. The summed E-state index contributed by atoms with van der Waals surface area (Å²) in [6.45, 7) is 4.46. The lowest BCUT2D eigenvalue weighted by molar-refractivity contribution is 0.174. The summed E-state index contributed by atoms with van der Waals surface area (Å²) in [4.78, 5) is 14.4. The third-order valence-electron chi connectivity index (χ3n) is 6.34. The SMILES string of the molecule is CN1CCN(c2ccc3nc(C4=C(O)CN(c5ccc6c(c5)OCO6)C4=N)[nH]c3c2)CC1. The summed E-state index contributed by atoms with van der Waals surface area (Å²) in [6.07, 6.45) is 0. The largest absolute Gasteiger partial charge is 0.509 e. The van der Waals surface area contributed by atoms with Gasteiger partial charge in [0.25, 0.3) is 0 Å². The van der Waals surface area contributed by atoms with Crippen molar-refractivity contribution in [1.82, 2.24) is 14.9 Å². The Labute approximate surface area is 185 Å². The molecule has 2 aromatic carbocycles.